The van der Waals surface area contributed by atoms with Crippen molar-refractivity contribution in [2.24, 2.45) is 0 Å². The first-order chi connectivity index (χ1) is 10.7. The van der Waals surface area contributed by atoms with Crippen molar-refractivity contribution in [3.8, 4) is 11.5 Å². The van der Waals surface area contributed by atoms with Crippen molar-refractivity contribution in [2.75, 3.05) is 19.5 Å². The highest BCUT2D eigenvalue weighted by atomic mass is 32.2. The van der Waals surface area contributed by atoms with Crippen LogP contribution in [0.5, 0.6) is 11.5 Å². The van der Waals surface area contributed by atoms with Crippen molar-refractivity contribution in [2.45, 2.75) is 12.2 Å². The fraction of sp³-hybridized carbons (Fsp3) is 0.294. The minimum atomic E-state index is -0.938. The molecule has 2 rings (SSSR count). The third-order valence-electron chi connectivity index (χ3n) is 3.06. The molecule has 0 aliphatic heterocycles. The van der Waals surface area contributed by atoms with Gasteiger partial charge in [-0.05, 0) is 48.4 Å². The van der Waals surface area contributed by atoms with Gasteiger partial charge in [0.05, 0.1) is 13.7 Å². The predicted octanol–water partition coefficient (Wildman–Crippen LogP) is 3.55. The Kier molecular flexibility index (Phi) is 6.40. The lowest BCUT2D eigenvalue weighted by atomic mass is 10.2. The van der Waals surface area contributed by atoms with E-state index < -0.39 is 10.8 Å². The average Bonchev–Trinajstić information content (AvgIpc) is 2.53. The first-order valence-corrected chi connectivity index (χ1v) is 8.52. The summed E-state index contributed by atoms with van der Waals surface area (Å²) >= 11 is 0. The Balaban J connectivity index is 1.70. The van der Waals surface area contributed by atoms with Crippen LogP contribution in [0.3, 0.4) is 0 Å². The van der Waals surface area contributed by atoms with Gasteiger partial charge < -0.3 is 9.47 Å². The van der Waals surface area contributed by atoms with E-state index in [0.29, 0.717) is 30.3 Å². The van der Waals surface area contributed by atoms with Gasteiger partial charge in [-0.1, -0.05) is 12.1 Å². The topological polar surface area (TPSA) is 35.5 Å². The number of ether oxygens (including phenoxy) is 2. The first kappa shape index (κ1) is 16.5. The molecule has 0 aliphatic carbocycles. The van der Waals surface area contributed by atoms with Gasteiger partial charge in [-0.3, -0.25) is 4.21 Å². The van der Waals surface area contributed by atoms with Crippen molar-refractivity contribution in [1.82, 2.24) is 0 Å². The Hall–Kier alpha value is -1.88. The van der Waals surface area contributed by atoms with E-state index in [4.69, 9.17) is 9.47 Å². The summed E-state index contributed by atoms with van der Waals surface area (Å²) < 4.78 is 35.4. The van der Waals surface area contributed by atoms with Crippen molar-refractivity contribution in [3.63, 3.8) is 0 Å². The molecule has 0 bridgehead atoms. The third kappa shape index (κ3) is 5.48. The highest BCUT2D eigenvalue weighted by molar-refractivity contribution is 7.84. The van der Waals surface area contributed by atoms with E-state index in [1.807, 2.05) is 24.3 Å². The van der Waals surface area contributed by atoms with E-state index in [0.717, 1.165) is 11.3 Å². The normalized spacial score (nSPS) is 11.9. The molecule has 1 unspecified atom stereocenters. The second kappa shape index (κ2) is 8.54. The van der Waals surface area contributed by atoms with Gasteiger partial charge in [-0.15, -0.1) is 0 Å². The van der Waals surface area contributed by atoms with Gasteiger partial charge in [0.2, 0.25) is 0 Å². The van der Waals surface area contributed by atoms with Crippen LogP contribution in [0, 0.1) is 5.82 Å². The number of rotatable bonds is 8. The number of methoxy groups -OCH3 is 1. The highest BCUT2D eigenvalue weighted by Gasteiger charge is 2.04. The molecule has 22 heavy (non-hydrogen) atoms. The SMILES string of the molecule is COc1cccc(CS(=O)CCCOc2ccc(F)cc2)c1. The van der Waals surface area contributed by atoms with E-state index in [1.54, 1.807) is 19.2 Å². The van der Waals surface area contributed by atoms with Crippen LogP contribution in [0.2, 0.25) is 0 Å². The monoisotopic (exact) mass is 322 g/mol. The quantitative estimate of drug-likeness (QED) is 0.697. The maximum absolute atomic E-state index is 12.7. The second-order valence-corrected chi connectivity index (χ2v) is 6.37. The minimum absolute atomic E-state index is 0.285. The molecule has 0 heterocycles. The van der Waals surface area contributed by atoms with Crippen LogP contribution in [-0.2, 0) is 16.6 Å². The summed E-state index contributed by atoms with van der Waals surface area (Å²) in [6.07, 6.45) is 0.688. The molecule has 5 heteroatoms. The standard InChI is InChI=1S/C17H19FO3S/c1-20-17-5-2-4-14(12-17)13-22(19)11-3-10-21-16-8-6-15(18)7-9-16/h2,4-9,12H,3,10-11,13H2,1H3. The van der Waals surface area contributed by atoms with Crippen LogP contribution < -0.4 is 9.47 Å². The Bertz CT molecular complexity index is 614. The number of hydrogen-bond donors (Lipinski definition) is 0. The molecule has 2 aromatic rings. The Labute approximate surface area is 132 Å². The molecular formula is C17H19FO3S. The molecule has 0 spiro atoms. The van der Waals surface area contributed by atoms with E-state index in [9.17, 15) is 8.60 Å². The van der Waals surface area contributed by atoms with Crippen molar-refractivity contribution in [1.29, 1.82) is 0 Å². The molecular weight excluding hydrogens is 303 g/mol. The Morgan fingerprint density at radius 2 is 1.86 bits per heavy atom. The van der Waals surface area contributed by atoms with E-state index >= 15 is 0 Å². The molecule has 0 aromatic heterocycles. The van der Waals surface area contributed by atoms with Crippen LogP contribution in [0.15, 0.2) is 48.5 Å². The maximum Gasteiger partial charge on any atom is 0.123 e. The number of halogens is 1. The fourth-order valence-electron chi connectivity index (χ4n) is 1.96. The average molecular weight is 322 g/mol. The second-order valence-electron chi connectivity index (χ2n) is 4.80. The largest absolute Gasteiger partial charge is 0.497 e. The van der Waals surface area contributed by atoms with Gasteiger partial charge in [0, 0.05) is 22.3 Å². The molecule has 0 saturated heterocycles. The molecule has 2 aromatic carbocycles. The van der Waals surface area contributed by atoms with Crippen LogP contribution >= 0.6 is 0 Å². The highest BCUT2D eigenvalue weighted by Crippen LogP contribution is 2.15. The number of benzene rings is 2. The molecule has 0 saturated carbocycles. The molecule has 0 amide bonds. The minimum Gasteiger partial charge on any atom is -0.497 e. The molecule has 118 valence electrons. The van der Waals surface area contributed by atoms with Gasteiger partial charge in [-0.2, -0.15) is 0 Å². The zero-order valence-electron chi connectivity index (χ0n) is 12.5. The van der Waals surface area contributed by atoms with Gasteiger partial charge in [0.25, 0.3) is 0 Å². The summed E-state index contributed by atoms with van der Waals surface area (Å²) in [5, 5.41) is 0. The van der Waals surface area contributed by atoms with Gasteiger partial charge >= 0.3 is 0 Å². The smallest absolute Gasteiger partial charge is 0.123 e. The van der Waals surface area contributed by atoms with Crippen molar-refractivity contribution >= 4 is 10.8 Å². The van der Waals surface area contributed by atoms with E-state index in [1.165, 1.54) is 12.1 Å². The predicted molar refractivity (Wildman–Crippen MR) is 86.2 cm³/mol. The Morgan fingerprint density at radius 3 is 2.59 bits per heavy atom. The van der Waals surface area contributed by atoms with Gasteiger partial charge in [-0.25, -0.2) is 4.39 Å². The van der Waals surface area contributed by atoms with Crippen LogP contribution in [0.25, 0.3) is 0 Å². The third-order valence-corrected chi connectivity index (χ3v) is 4.46. The molecule has 1 atom stereocenters. The number of hydrogen-bond acceptors (Lipinski definition) is 3. The lowest BCUT2D eigenvalue weighted by Gasteiger charge is -2.07. The van der Waals surface area contributed by atoms with E-state index in [-0.39, 0.29) is 5.82 Å². The summed E-state index contributed by atoms with van der Waals surface area (Å²) in [6.45, 7) is 0.468. The van der Waals surface area contributed by atoms with E-state index in [2.05, 4.69) is 0 Å². The Morgan fingerprint density at radius 1 is 1.09 bits per heavy atom. The van der Waals surface area contributed by atoms with Crippen LogP contribution in [0.4, 0.5) is 4.39 Å². The molecule has 0 N–H and O–H groups in total. The molecule has 0 radical (unpaired) electrons. The van der Waals surface area contributed by atoms with Gasteiger partial charge in [0.1, 0.15) is 17.3 Å². The summed E-state index contributed by atoms with van der Waals surface area (Å²) in [4.78, 5) is 0. The molecule has 0 aliphatic rings. The zero-order valence-corrected chi connectivity index (χ0v) is 13.3. The summed E-state index contributed by atoms with van der Waals surface area (Å²) in [6, 6.07) is 13.5. The van der Waals surface area contributed by atoms with Gasteiger partial charge in [0.15, 0.2) is 0 Å². The lowest BCUT2D eigenvalue weighted by molar-refractivity contribution is 0.318. The van der Waals surface area contributed by atoms with Crippen LogP contribution in [-0.4, -0.2) is 23.7 Å². The van der Waals surface area contributed by atoms with Crippen LogP contribution in [0.1, 0.15) is 12.0 Å². The van der Waals surface area contributed by atoms with Crippen molar-refractivity contribution < 1.29 is 18.1 Å². The fourth-order valence-corrected chi connectivity index (χ4v) is 3.10. The first-order valence-electron chi connectivity index (χ1n) is 7.03. The zero-order chi connectivity index (χ0) is 15.8. The summed E-state index contributed by atoms with van der Waals surface area (Å²) in [5.74, 6) is 2.19. The lowest BCUT2D eigenvalue weighted by Crippen LogP contribution is -2.06. The maximum atomic E-state index is 12.7. The summed E-state index contributed by atoms with van der Waals surface area (Å²) in [5.41, 5.74) is 0.997. The molecule has 3 nitrogen and oxygen atoms in total. The molecule has 0 fully saturated rings. The summed E-state index contributed by atoms with van der Waals surface area (Å²) in [7, 11) is 0.676. The van der Waals surface area contributed by atoms with Crippen molar-refractivity contribution in [3.05, 3.63) is 59.9 Å².